The first-order valence-electron chi connectivity index (χ1n) is 6.54. The van der Waals surface area contributed by atoms with Crippen molar-refractivity contribution in [3.05, 3.63) is 54.2 Å². The van der Waals surface area contributed by atoms with Crippen LogP contribution in [-0.4, -0.2) is 17.0 Å². The lowest BCUT2D eigenvalue weighted by atomic mass is 10.1. The van der Waals surface area contributed by atoms with Gasteiger partial charge in [-0.25, -0.2) is 4.98 Å². The predicted octanol–water partition coefficient (Wildman–Crippen LogP) is 3.72. The monoisotopic (exact) mass is 264 g/mol. The lowest BCUT2D eigenvalue weighted by Gasteiger charge is -2.10. The molecule has 0 fully saturated rings. The average Bonchev–Trinajstić information content (AvgIpc) is 2.48. The van der Waals surface area contributed by atoms with E-state index in [1.807, 2.05) is 50.4 Å². The molecule has 0 aliphatic heterocycles. The molecule has 0 unspecified atom stereocenters. The molecule has 0 bridgehead atoms. The minimum Gasteiger partial charge on any atom is -0.373 e. The molecule has 0 saturated heterocycles. The first kappa shape index (κ1) is 12.4. The fraction of sp³-hybridized carbons (Fsp3) is 0.125. The number of aromatic nitrogens is 2. The third-order valence-electron chi connectivity index (χ3n) is 3.13. The normalized spacial score (nSPS) is 10.5. The van der Waals surface area contributed by atoms with Gasteiger partial charge in [0.15, 0.2) is 0 Å². The van der Waals surface area contributed by atoms with Gasteiger partial charge in [-0.2, -0.15) is 0 Å². The molecule has 20 heavy (non-hydrogen) atoms. The fourth-order valence-electron chi connectivity index (χ4n) is 2.13. The summed E-state index contributed by atoms with van der Waals surface area (Å²) in [4.78, 5) is 9.07. The lowest BCUT2D eigenvalue weighted by Crippen LogP contribution is -1.98. The van der Waals surface area contributed by atoms with Crippen molar-refractivity contribution in [3.63, 3.8) is 0 Å². The Bertz CT molecular complexity index is 752. The molecule has 100 valence electrons. The molecule has 0 amide bonds. The van der Waals surface area contributed by atoms with Gasteiger partial charge in [0.2, 0.25) is 0 Å². The highest BCUT2D eigenvalue weighted by atomic mass is 15.1. The SMILES string of the molecule is CNc1cccc(Nc2cccc3ccc(C)nc23)n1. The smallest absolute Gasteiger partial charge is 0.132 e. The van der Waals surface area contributed by atoms with Gasteiger partial charge < -0.3 is 10.6 Å². The van der Waals surface area contributed by atoms with Crippen LogP contribution in [0.2, 0.25) is 0 Å². The number of pyridine rings is 2. The molecule has 4 heteroatoms. The van der Waals surface area contributed by atoms with Gasteiger partial charge in [0, 0.05) is 18.1 Å². The fourth-order valence-corrected chi connectivity index (χ4v) is 2.13. The van der Waals surface area contributed by atoms with E-state index >= 15 is 0 Å². The second-order valence-corrected chi connectivity index (χ2v) is 4.61. The van der Waals surface area contributed by atoms with Crippen molar-refractivity contribution in [1.82, 2.24) is 9.97 Å². The molecule has 4 nitrogen and oxygen atoms in total. The van der Waals surface area contributed by atoms with Crippen molar-refractivity contribution in [3.8, 4) is 0 Å². The van der Waals surface area contributed by atoms with Crippen LogP contribution in [-0.2, 0) is 0 Å². The van der Waals surface area contributed by atoms with Gasteiger partial charge in [0.1, 0.15) is 11.6 Å². The van der Waals surface area contributed by atoms with E-state index in [1.165, 1.54) is 0 Å². The van der Waals surface area contributed by atoms with Gasteiger partial charge in [0.25, 0.3) is 0 Å². The maximum atomic E-state index is 4.61. The van der Waals surface area contributed by atoms with Crippen LogP contribution in [0, 0.1) is 6.92 Å². The average molecular weight is 264 g/mol. The summed E-state index contributed by atoms with van der Waals surface area (Å²) in [6, 6.07) is 16.0. The Morgan fingerprint density at radius 3 is 2.50 bits per heavy atom. The Kier molecular flexibility index (Phi) is 3.21. The number of fused-ring (bicyclic) bond motifs is 1. The van der Waals surface area contributed by atoms with Crippen LogP contribution in [0.5, 0.6) is 0 Å². The number of para-hydroxylation sites is 1. The van der Waals surface area contributed by atoms with E-state index in [1.54, 1.807) is 0 Å². The number of hydrogen-bond donors (Lipinski definition) is 2. The summed E-state index contributed by atoms with van der Waals surface area (Å²) in [5.41, 5.74) is 2.93. The molecule has 2 N–H and O–H groups in total. The van der Waals surface area contributed by atoms with Crippen LogP contribution in [0.4, 0.5) is 17.3 Å². The second-order valence-electron chi connectivity index (χ2n) is 4.61. The van der Waals surface area contributed by atoms with Gasteiger partial charge in [-0.3, -0.25) is 4.98 Å². The molecule has 0 aliphatic carbocycles. The highest BCUT2D eigenvalue weighted by Gasteiger charge is 2.04. The van der Waals surface area contributed by atoms with Gasteiger partial charge in [0.05, 0.1) is 11.2 Å². The van der Waals surface area contributed by atoms with Crippen molar-refractivity contribution in [1.29, 1.82) is 0 Å². The Morgan fingerprint density at radius 2 is 1.65 bits per heavy atom. The summed E-state index contributed by atoms with van der Waals surface area (Å²) < 4.78 is 0. The minimum atomic E-state index is 0.799. The number of benzene rings is 1. The van der Waals surface area contributed by atoms with E-state index in [0.29, 0.717) is 0 Å². The summed E-state index contributed by atoms with van der Waals surface area (Å²) in [6.45, 7) is 2.00. The van der Waals surface area contributed by atoms with Crippen LogP contribution in [0.15, 0.2) is 48.5 Å². The summed E-state index contributed by atoms with van der Waals surface area (Å²) in [5, 5.41) is 7.48. The molecule has 0 spiro atoms. The summed E-state index contributed by atoms with van der Waals surface area (Å²) >= 11 is 0. The molecular formula is C16H16N4. The molecule has 2 aromatic heterocycles. The molecule has 0 saturated carbocycles. The Hall–Kier alpha value is -2.62. The lowest BCUT2D eigenvalue weighted by molar-refractivity contribution is 1.24. The third-order valence-corrected chi connectivity index (χ3v) is 3.13. The maximum Gasteiger partial charge on any atom is 0.132 e. The van der Waals surface area contributed by atoms with E-state index in [9.17, 15) is 0 Å². The number of hydrogen-bond acceptors (Lipinski definition) is 4. The third kappa shape index (κ3) is 2.40. The Balaban J connectivity index is 2.03. The van der Waals surface area contributed by atoms with Gasteiger partial charge >= 0.3 is 0 Å². The Morgan fingerprint density at radius 1 is 0.850 bits per heavy atom. The number of rotatable bonds is 3. The Labute approximate surface area is 117 Å². The first-order chi connectivity index (χ1) is 9.76. The van der Waals surface area contributed by atoms with Crippen LogP contribution in [0.25, 0.3) is 10.9 Å². The molecular weight excluding hydrogens is 248 g/mol. The zero-order valence-electron chi connectivity index (χ0n) is 11.5. The van der Waals surface area contributed by atoms with Gasteiger partial charge in [-0.15, -0.1) is 0 Å². The van der Waals surface area contributed by atoms with Crippen LogP contribution in [0.1, 0.15) is 5.69 Å². The molecule has 3 rings (SSSR count). The quantitative estimate of drug-likeness (QED) is 0.757. The summed E-state index contributed by atoms with van der Waals surface area (Å²) in [5.74, 6) is 1.63. The van der Waals surface area contributed by atoms with Crippen molar-refractivity contribution in [2.24, 2.45) is 0 Å². The topological polar surface area (TPSA) is 49.8 Å². The summed E-state index contributed by atoms with van der Waals surface area (Å²) in [6.07, 6.45) is 0. The standard InChI is InChI=1S/C16H16N4/c1-11-9-10-12-5-3-6-13(16(12)18-11)19-15-8-4-7-14(17-2)20-15/h3-10H,1-2H3,(H2,17,19,20). The largest absolute Gasteiger partial charge is 0.373 e. The zero-order valence-corrected chi connectivity index (χ0v) is 11.5. The minimum absolute atomic E-state index is 0.799. The summed E-state index contributed by atoms with van der Waals surface area (Å²) in [7, 11) is 1.86. The van der Waals surface area contributed by atoms with Crippen molar-refractivity contribution >= 4 is 28.2 Å². The number of nitrogens with zero attached hydrogens (tertiary/aromatic N) is 2. The molecule has 3 aromatic rings. The van der Waals surface area contributed by atoms with E-state index < -0.39 is 0 Å². The van der Waals surface area contributed by atoms with E-state index in [-0.39, 0.29) is 0 Å². The molecule has 0 radical (unpaired) electrons. The van der Waals surface area contributed by atoms with E-state index in [2.05, 4.69) is 32.7 Å². The van der Waals surface area contributed by atoms with E-state index in [0.717, 1.165) is 33.9 Å². The number of anilines is 3. The highest BCUT2D eigenvalue weighted by Crippen LogP contribution is 2.24. The molecule has 0 aliphatic rings. The van der Waals surface area contributed by atoms with E-state index in [4.69, 9.17) is 0 Å². The molecule has 1 aromatic carbocycles. The van der Waals surface area contributed by atoms with Crippen LogP contribution < -0.4 is 10.6 Å². The van der Waals surface area contributed by atoms with Crippen LogP contribution >= 0.6 is 0 Å². The first-order valence-corrected chi connectivity index (χ1v) is 6.54. The molecule has 2 heterocycles. The predicted molar refractivity (Wildman–Crippen MR) is 83.5 cm³/mol. The van der Waals surface area contributed by atoms with Crippen molar-refractivity contribution in [2.75, 3.05) is 17.7 Å². The molecule has 0 atom stereocenters. The van der Waals surface area contributed by atoms with Crippen molar-refractivity contribution in [2.45, 2.75) is 6.92 Å². The highest BCUT2D eigenvalue weighted by molar-refractivity contribution is 5.91. The number of aryl methyl sites for hydroxylation is 1. The van der Waals surface area contributed by atoms with Crippen molar-refractivity contribution < 1.29 is 0 Å². The van der Waals surface area contributed by atoms with Gasteiger partial charge in [-0.05, 0) is 31.2 Å². The zero-order chi connectivity index (χ0) is 13.9. The second kappa shape index (κ2) is 5.17. The van der Waals surface area contributed by atoms with Gasteiger partial charge in [-0.1, -0.05) is 24.3 Å². The maximum absolute atomic E-state index is 4.61. The van der Waals surface area contributed by atoms with Crippen LogP contribution in [0.3, 0.4) is 0 Å². The number of nitrogens with one attached hydrogen (secondary N) is 2.